The second-order valence-electron chi connectivity index (χ2n) is 12.9. The maximum atomic E-state index is 11.9. The van der Waals surface area contributed by atoms with E-state index < -0.39 is 42.8 Å². The molecular formula is C40H46O12SSe. The number of ether oxygens (including phenoxy) is 8. The molecule has 0 radical (unpaired) electrons. The summed E-state index contributed by atoms with van der Waals surface area (Å²) in [4.78, 5) is -0.0894. The number of hydrogen-bond donors (Lipinski definition) is 0. The third-order valence-corrected chi connectivity index (χ3v) is 15.6. The fraction of sp³-hybridized carbons (Fsp3) is 0.400. The van der Waals surface area contributed by atoms with Crippen LogP contribution in [0.5, 0.6) is 17.2 Å². The van der Waals surface area contributed by atoms with Crippen molar-refractivity contribution < 1.29 is 55.0 Å². The minimum atomic E-state index is -5.04. The van der Waals surface area contributed by atoms with Crippen molar-refractivity contribution >= 4 is 24.3 Å². The fourth-order valence-corrected chi connectivity index (χ4v) is 13.1. The second kappa shape index (κ2) is 19.4. The first-order valence-corrected chi connectivity index (χ1v) is 22.3. The summed E-state index contributed by atoms with van der Waals surface area (Å²) in [6, 6.07) is 32.6. The molecule has 4 aromatic rings. The van der Waals surface area contributed by atoms with E-state index in [0.717, 1.165) is 39.5 Å². The first kappa shape index (κ1) is 40.1. The molecule has 54 heavy (non-hydrogen) atoms. The zero-order chi connectivity index (χ0) is 37.9. The summed E-state index contributed by atoms with van der Waals surface area (Å²) < 4.78 is 88.9. The van der Waals surface area contributed by atoms with Crippen molar-refractivity contribution in [2.75, 3.05) is 34.5 Å². The van der Waals surface area contributed by atoms with E-state index in [2.05, 4.69) is 0 Å². The van der Waals surface area contributed by atoms with Gasteiger partial charge in [-0.05, 0) is 0 Å². The normalized spacial score (nSPS) is 24.3. The Balaban J connectivity index is 1.27. The van der Waals surface area contributed by atoms with Crippen LogP contribution >= 0.6 is 0 Å². The third kappa shape index (κ3) is 11.3. The van der Waals surface area contributed by atoms with E-state index in [9.17, 15) is 13.0 Å². The molecule has 4 aromatic carbocycles. The van der Waals surface area contributed by atoms with Crippen LogP contribution in [0.25, 0.3) is 0 Å². The topological polar surface area (TPSA) is 140 Å². The molecule has 2 heterocycles. The molecule has 0 amide bonds. The van der Waals surface area contributed by atoms with E-state index in [4.69, 9.17) is 42.1 Å². The molecule has 0 N–H and O–H groups in total. The Morgan fingerprint density at radius 1 is 0.704 bits per heavy atom. The molecule has 2 fully saturated rings. The summed E-state index contributed by atoms with van der Waals surface area (Å²) in [5, 5.41) is 1.13. The van der Waals surface area contributed by atoms with Crippen LogP contribution in [0.3, 0.4) is 0 Å². The molecule has 2 aliphatic heterocycles. The molecule has 6 rings (SSSR count). The van der Waals surface area contributed by atoms with Crippen molar-refractivity contribution in [3.05, 3.63) is 125 Å². The fourth-order valence-electron chi connectivity index (χ4n) is 6.41. The molecule has 14 heteroatoms. The van der Waals surface area contributed by atoms with Gasteiger partial charge in [0, 0.05) is 0 Å². The van der Waals surface area contributed by atoms with Gasteiger partial charge in [0.25, 0.3) is 0 Å². The van der Waals surface area contributed by atoms with Gasteiger partial charge < -0.3 is 0 Å². The van der Waals surface area contributed by atoms with E-state index >= 15 is 0 Å². The van der Waals surface area contributed by atoms with Crippen molar-refractivity contribution in [1.29, 1.82) is 0 Å². The van der Waals surface area contributed by atoms with Crippen LogP contribution in [0.2, 0.25) is 15.5 Å². The van der Waals surface area contributed by atoms with Crippen LogP contribution < -0.4 is 14.2 Å². The summed E-state index contributed by atoms with van der Waals surface area (Å²) in [5.41, 5.74) is 3.71. The van der Waals surface area contributed by atoms with Gasteiger partial charge >= 0.3 is 323 Å². The molecule has 0 bridgehead atoms. The van der Waals surface area contributed by atoms with E-state index in [0.29, 0.717) is 37.1 Å². The van der Waals surface area contributed by atoms with E-state index in [1.165, 1.54) is 0 Å². The number of benzene rings is 4. The Kier molecular flexibility index (Phi) is 14.4. The summed E-state index contributed by atoms with van der Waals surface area (Å²) in [7, 11) is -0.162. The van der Waals surface area contributed by atoms with Crippen LogP contribution in [0.4, 0.5) is 0 Å². The first-order chi connectivity index (χ1) is 26.2. The standard InChI is InChI=1S/C40H46O12SSe/c1-44-32-15-9-28(10-16-32)21-47-25-38-39(49-23-30-13-19-34(46-3)20-14-30)37(48-22-29-11-17-33(45-2)18-12-29)27-54(38)26-36-35(52-53(41,42)43)24-50-40(51-36)31-7-5-4-6-8-31/h4-20,35-40H,21-27H2,1-3H3. The Bertz CT molecular complexity index is 1830. The molecule has 12 nitrogen and oxygen atoms in total. The van der Waals surface area contributed by atoms with Gasteiger partial charge in [-0.15, -0.1) is 0 Å². The molecule has 290 valence electrons. The van der Waals surface area contributed by atoms with E-state index in [-0.39, 0.29) is 23.6 Å². The predicted molar refractivity (Wildman–Crippen MR) is 199 cm³/mol. The van der Waals surface area contributed by atoms with Gasteiger partial charge in [0.1, 0.15) is 0 Å². The molecule has 0 aromatic heterocycles. The average molecular weight is 830 g/mol. The molecule has 2 aliphatic rings. The molecular weight excluding hydrogens is 783 g/mol. The Morgan fingerprint density at radius 2 is 1.24 bits per heavy atom. The quantitative estimate of drug-likeness (QED) is 0.0638. The molecule has 7 unspecified atom stereocenters. The van der Waals surface area contributed by atoms with E-state index in [1.54, 1.807) is 21.3 Å². The van der Waals surface area contributed by atoms with Crippen LogP contribution in [0.1, 0.15) is 28.5 Å². The van der Waals surface area contributed by atoms with E-state index in [1.807, 2.05) is 103 Å². The second-order valence-corrected chi connectivity index (χ2v) is 18.8. The molecule has 0 saturated carbocycles. The Morgan fingerprint density at radius 3 is 1.78 bits per heavy atom. The van der Waals surface area contributed by atoms with Gasteiger partial charge in [-0.2, -0.15) is 0 Å². The van der Waals surface area contributed by atoms with Crippen molar-refractivity contribution in [2.24, 2.45) is 0 Å². The average Bonchev–Trinajstić information content (AvgIpc) is 3.52. The van der Waals surface area contributed by atoms with Gasteiger partial charge in [0.05, 0.1) is 0 Å². The summed E-state index contributed by atoms with van der Waals surface area (Å²) in [6.07, 6.45) is -3.29. The third-order valence-electron chi connectivity index (χ3n) is 9.29. The zero-order valence-corrected chi connectivity index (χ0v) is 33.0. The van der Waals surface area contributed by atoms with Gasteiger partial charge in [-0.1, -0.05) is 0 Å². The van der Waals surface area contributed by atoms with Gasteiger partial charge in [-0.25, -0.2) is 0 Å². The summed E-state index contributed by atoms with van der Waals surface area (Å²) in [5.74, 6) is 2.26. The van der Waals surface area contributed by atoms with Gasteiger partial charge in [0.15, 0.2) is 0 Å². The van der Waals surface area contributed by atoms with Crippen molar-refractivity contribution in [3.63, 3.8) is 0 Å². The number of rotatable bonds is 18. The maximum absolute atomic E-state index is 11.9. The molecule has 0 spiro atoms. The van der Waals surface area contributed by atoms with Crippen molar-refractivity contribution in [1.82, 2.24) is 0 Å². The van der Waals surface area contributed by atoms with Crippen LogP contribution in [-0.4, -0.2) is 85.8 Å². The molecule has 2 saturated heterocycles. The zero-order valence-electron chi connectivity index (χ0n) is 30.4. The molecule has 0 aliphatic carbocycles. The van der Waals surface area contributed by atoms with Crippen molar-refractivity contribution in [2.45, 2.75) is 66.0 Å². The summed E-state index contributed by atoms with van der Waals surface area (Å²) in [6.45, 7) is 1.28. The van der Waals surface area contributed by atoms with Gasteiger partial charge in [-0.3, -0.25) is 0 Å². The minimum absolute atomic E-state index is 0.0894. The molecule has 7 atom stereocenters. The van der Waals surface area contributed by atoms with Crippen LogP contribution in [-0.2, 0) is 58.1 Å². The van der Waals surface area contributed by atoms with Crippen LogP contribution in [0, 0.1) is 0 Å². The van der Waals surface area contributed by atoms with Gasteiger partial charge in [0.2, 0.25) is 0 Å². The van der Waals surface area contributed by atoms with Crippen LogP contribution in [0.15, 0.2) is 103 Å². The predicted octanol–water partition coefficient (Wildman–Crippen LogP) is 6.24. The van der Waals surface area contributed by atoms with Crippen molar-refractivity contribution in [3.8, 4) is 17.2 Å². The SMILES string of the molecule is COc1ccc(COCC2C(OCc3ccc(OC)cc3)C(OCc3ccc(OC)cc3)C[Se+]2CC2OC(c3ccccc3)OCC2OS(=O)(=O)[O-])cc1. The Hall–Kier alpha value is -3.53. The first-order valence-electron chi connectivity index (χ1n) is 17.5. The number of hydrogen-bond acceptors (Lipinski definition) is 12. The number of methoxy groups -OCH3 is 3. The Labute approximate surface area is 321 Å². The monoisotopic (exact) mass is 830 g/mol. The summed E-state index contributed by atoms with van der Waals surface area (Å²) >= 11 is -1.83.